The van der Waals surface area contributed by atoms with E-state index in [-0.39, 0.29) is 0 Å². The molecule has 3 fully saturated rings. The van der Waals surface area contributed by atoms with Crippen LogP contribution in [0.15, 0.2) is 79.0 Å². The number of fused-ring (bicyclic) bond motifs is 1. The van der Waals surface area contributed by atoms with Crippen molar-refractivity contribution in [1.29, 1.82) is 0 Å². The van der Waals surface area contributed by atoms with Gasteiger partial charge in [-0.05, 0) is 101 Å². The highest BCUT2D eigenvalue weighted by molar-refractivity contribution is 5.85. The number of hydrogen-bond donors (Lipinski definition) is 2. The molecule has 2 aromatic carbocycles. The first-order chi connectivity index (χ1) is 24.6. The molecule has 1 aliphatic carbocycles. The van der Waals surface area contributed by atoms with Crippen molar-refractivity contribution in [3.8, 4) is 28.3 Å². The van der Waals surface area contributed by atoms with Crippen molar-refractivity contribution in [3.63, 3.8) is 0 Å². The van der Waals surface area contributed by atoms with E-state index in [1.54, 1.807) is 6.20 Å². The molecule has 264 valence electrons. The zero-order valence-electron chi connectivity index (χ0n) is 29.8. The number of nitrogens with two attached hydrogens (primary N) is 1. The van der Waals surface area contributed by atoms with Gasteiger partial charge in [0.05, 0.1) is 36.1 Å². The van der Waals surface area contributed by atoms with Crippen LogP contribution in [-0.4, -0.2) is 81.0 Å². The van der Waals surface area contributed by atoms with Crippen LogP contribution in [0, 0.1) is 0 Å². The standard InChI is InChI=1S/C40H46N8O3/c1-26-23-46(31-24-50-25-31)20-21-47(26)30-9-5-8-27(22-30)33-15-16-34-37(43-33)48(36(44-34)32-10-6-19-42-35(32)41)29-13-11-28(12-14-29)40(17-7-18-40)45-38(49)51-39(2,3)4/h5-6,8-16,19,22,26,31H,7,17-18,20-21,23-25H2,1-4H3,(H2,41,42)(H,45,49). The summed E-state index contributed by atoms with van der Waals surface area (Å²) in [5.74, 6) is 1.06. The third-order valence-corrected chi connectivity index (χ3v) is 10.5. The van der Waals surface area contributed by atoms with Crippen molar-refractivity contribution in [1.82, 2.24) is 29.7 Å². The number of carbonyl (C=O) groups excluding carboxylic acids is 1. The number of aromatic nitrogens is 4. The van der Waals surface area contributed by atoms with Crippen LogP contribution in [0.1, 0.15) is 52.5 Å². The molecule has 8 rings (SSSR count). The number of nitrogens with zero attached hydrogens (tertiary/aromatic N) is 6. The SMILES string of the molecule is CC1CN(C2COC2)CCN1c1cccc(-c2ccc3nc(-c4cccnc4N)n(-c4ccc(C5(NC(=O)OC(C)(C)C)CCC5)cc4)c3n2)c1. The molecule has 1 amide bonds. The van der Waals surface area contributed by atoms with Gasteiger partial charge < -0.3 is 25.4 Å². The van der Waals surface area contributed by atoms with Crippen molar-refractivity contribution >= 4 is 28.8 Å². The van der Waals surface area contributed by atoms with Crippen molar-refractivity contribution < 1.29 is 14.3 Å². The maximum Gasteiger partial charge on any atom is 0.408 e. The molecule has 2 saturated heterocycles. The Hall–Kier alpha value is -5.00. The highest BCUT2D eigenvalue weighted by Crippen LogP contribution is 2.42. The first kappa shape index (κ1) is 33.2. The Morgan fingerprint density at radius 1 is 0.980 bits per heavy atom. The first-order valence-corrected chi connectivity index (χ1v) is 18.0. The maximum absolute atomic E-state index is 12.8. The lowest BCUT2D eigenvalue weighted by Crippen LogP contribution is -2.59. The molecule has 1 saturated carbocycles. The monoisotopic (exact) mass is 686 g/mol. The maximum atomic E-state index is 12.8. The van der Waals surface area contributed by atoms with E-state index >= 15 is 0 Å². The largest absolute Gasteiger partial charge is 0.444 e. The predicted molar refractivity (Wildman–Crippen MR) is 200 cm³/mol. The zero-order chi connectivity index (χ0) is 35.3. The van der Waals surface area contributed by atoms with Crippen LogP contribution in [0.3, 0.4) is 0 Å². The van der Waals surface area contributed by atoms with Gasteiger partial charge >= 0.3 is 6.09 Å². The first-order valence-electron chi connectivity index (χ1n) is 18.0. The highest BCUT2D eigenvalue weighted by Gasteiger charge is 2.41. The van der Waals surface area contributed by atoms with Gasteiger partial charge in [-0.1, -0.05) is 24.3 Å². The highest BCUT2D eigenvalue weighted by atomic mass is 16.6. The van der Waals surface area contributed by atoms with Gasteiger partial charge in [0, 0.05) is 48.8 Å². The topological polar surface area (TPSA) is 124 Å². The van der Waals surface area contributed by atoms with Gasteiger partial charge in [0.15, 0.2) is 11.5 Å². The number of alkyl carbamates (subject to hydrolysis) is 1. The number of benzene rings is 2. The second-order valence-electron chi connectivity index (χ2n) is 15.1. The van der Waals surface area contributed by atoms with E-state index in [2.05, 4.69) is 80.1 Å². The summed E-state index contributed by atoms with van der Waals surface area (Å²) in [6.45, 7) is 12.7. The van der Waals surface area contributed by atoms with Crippen LogP contribution in [0.2, 0.25) is 0 Å². The van der Waals surface area contributed by atoms with Gasteiger partial charge in [0.25, 0.3) is 0 Å². The summed E-state index contributed by atoms with van der Waals surface area (Å²) in [6.07, 6.45) is 4.02. The number of rotatable bonds is 7. The summed E-state index contributed by atoms with van der Waals surface area (Å²) in [5, 5.41) is 3.17. The van der Waals surface area contributed by atoms with Gasteiger partial charge in [-0.2, -0.15) is 0 Å². The molecule has 0 bridgehead atoms. The number of pyridine rings is 2. The molecule has 5 aromatic rings. The molecule has 0 spiro atoms. The molecular weight excluding hydrogens is 640 g/mol. The van der Waals surface area contributed by atoms with Crippen molar-refractivity contribution in [2.45, 2.75) is 70.2 Å². The lowest BCUT2D eigenvalue weighted by Gasteiger charge is -2.46. The van der Waals surface area contributed by atoms with E-state index in [4.69, 9.17) is 25.2 Å². The van der Waals surface area contributed by atoms with Crippen LogP contribution in [0.25, 0.3) is 39.5 Å². The average molecular weight is 687 g/mol. The number of imidazole rings is 1. The summed E-state index contributed by atoms with van der Waals surface area (Å²) in [7, 11) is 0. The fraction of sp³-hybridized carbons (Fsp3) is 0.400. The quantitative estimate of drug-likeness (QED) is 0.196. The molecule has 3 aliphatic rings. The second-order valence-corrected chi connectivity index (χ2v) is 15.1. The van der Waals surface area contributed by atoms with E-state index in [9.17, 15) is 4.79 Å². The molecule has 51 heavy (non-hydrogen) atoms. The molecule has 3 N–H and O–H groups in total. The van der Waals surface area contributed by atoms with Crippen LogP contribution in [0.5, 0.6) is 0 Å². The van der Waals surface area contributed by atoms with E-state index in [1.165, 1.54) is 5.69 Å². The van der Waals surface area contributed by atoms with Crippen LogP contribution in [-0.2, 0) is 15.0 Å². The van der Waals surface area contributed by atoms with E-state index in [0.29, 0.717) is 23.7 Å². The number of carbonyl (C=O) groups is 1. The van der Waals surface area contributed by atoms with Gasteiger partial charge in [-0.3, -0.25) is 9.47 Å². The third kappa shape index (κ3) is 6.40. The molecule has 3 aromatic heterocycles. The molecular formula is C40H46N8O3. The number of amides is 1. The molecule has 5 heterocycles. The number of nitrogen functional groups attached to an aromatic ring is 1. The Kier molecular flexibility index (Phi) is 8.42. The van der Waals surface area contributed by atoms with E-state index in [0.717, 1.165) is 91.3 Å². The Labute approximate surface area is 298 Å². The number of ether oxygens (including phenoxy) is 2. The molecule has 11 heteroatoms. The summed E-state index contributed by atoms with van der Waals surface area (Å²) in [6, 6.07) is 25.8. The van der Waals surface area contributed by atoms with Crippen molar-refractivity contribution in [2.75, 3.05) is 43.5 Å². The fourth-order valence-electron chi connectivity index (χ4n) is 7.57. The molecule has 1 unspecified atom stereocenters. The Balaban J connectivity index is 1.14. The van der Waals surface area contributed by atoms with Crippen LogP contribution >= 0.6 is 0 Å². The van der Waals surface area contributed by atoms with Gasteiger partial charge in [-0.15, -0.1) is 0 Å². The lowest BCUT2D eigenvalue weighted by molar-refractivity contribution is -0.0691. The second kappa shape index (κ2) is 13.0. The lowest BCUT2D eigenvalue weighted by atomic mass is 9.72. The normalized spacial score (nSPS) is 19.4. The summed E-state index contributed by atoms with van der Waals surface area (Å²) < 4.78 is 13.1. The van der Waals surface area contributed by atoms with Crippen LogP contribution in [0.4, 0.5) is 16.3 Å². The summed E-state index contributed by atoms with van der Waals surface area (Å²) in [5.41, 5.74) is 12.6. The summed E-state index contributed by atoms with van der Waals surface area (Å²) in [4.78, 5) is 32.5. The minimum atomic E-state index is -0.571. The number of hydrogen-bond acceptors (Lipinski definition) is 9. The Bertz CT molecular complexity index is 2060. The molecule has 2 aliphatic heterocycles. The van der Waals surface area contributed by atoms with Crippen molar-refractivity contribution in [2.24, 2.45) is 0 Å². The molecule has 11 nitrogen and oxygen atoms in total. The minimum Gasteiger partial charge on any atom is -0.444 e. The van der Waals surface area contributed by atoms with Gasteiger partial charge in [0.1, 0.15) is 16.9 Å². The fourth-order valence-corrected chi connectivity index (χ4v) is 7.57. The smallest absolute Gasteiger partial charge is 0.408 e. The number of nitrogens with one attached hydrogen (secondary N) is 1. The van der Waals surface area contributed by atoms with E-state index in [1.807, 2.05) is 45.0 Å². The number of anilines is 2. The average Bonchev–Trinajstić information content (AvgIpc) is 3.44. The van der Waals surface area contributed by atoms with Gasteiger partial charge in [-0.25, -0.2) is 19.7 Å². The van der Waals surface area contributed by atoms with E-state index < -0.39 is 17.2 Å². The Morgan fingerprint density at radius 3 is 2.45 bits per heavy atom. The molecule has 1 atom stereocenters. The molecule has 0 radical (unpaired) electrons. The third-order valence-electron chi connectivity index (χ3n) is 10.5. The van der Waals surface area contributed by atoms with Crippen LogP contribution < -0.4 is 16.0 Å². The summed E-state index contributed by atoms with van der Waals surface area (Å²) >= 11 is 0. The minimum absolute atomic E-state index is 0.389. The predicted octanol–water partition coefficient (Wildman–Crippen LogP) is 6.54. The van der Waals surface area contributed by atoms with Crippen molar-refractivity contribution in [3.05, 3.63) is 84.6 Å². The zero-order valence-corrected chi connectivity index (χ0v) is 29.8. The number of piperazine rings is 1. The Morgan fingerprint density at radius 2 is 1.78 bits per heavy atom. The van der Waals surface area contributed by atoms with Gasteiger partial charge in [0.2, 0.25) is 0 Å².